The van der Waals surface area contributed by atoms with Crippen LogP contribution < -0.4 is 5.32 Å². The standard InChI is InChI=1S/C16H21BrN2O2/c1-11-6-7-13(14(17)10-11)15(20)18-12(2)16(21)19-8-4-3-5-9-19/h6-7,10,12H,3-5,8-9H2,1-2H3,(H,18,20). The molecule has 1 heterocycles. The summed E-state index contributed by atoms with van der Waals surface area (Å²) in [6.07, 6.45) is 3.28. The van der Waals surface area contributed by atoms with E-state index in [1.54, 1.807) is 13.0 Å². The van der Waals surface area contributed by atoms with Gasteiger partial charge in [-0.3, -0.25) is 9.59 Å². The molecule has 0 radical (unpaired) electrons. The second-order valence-corrected chi connectivity index (χ2v) is 6.42. The number of amides is 2. The first kappa shape index (κ1) is 16.0. The van der Waals surface area contributed by atoms with Gasteiger partial charge in [0.15, 0.2) is 0 Å². The highest BCUT2D eigenvalue weighted by Crippen LogP contribution is 2.18. The summed E-state index contributed by atoms with van der Waals surface area (Å²) in [7, 11) is 0. The topological polar surface area (TPSA) is 49.4 Å². The maximum atomic E-state index is 12.3. The zero-order valence-corrected chi connectivity index (χ0v) is 14.1. The van der Waals surface area contributed by atoms with E-state index in [0.717, 1.165) is 36.0 Å². The molecular weight excluding hydrogens is 332 g/mol. The van der Waals surface area contributed by atoms with E-state index in [4.69, 9.17) is 0 Å². The lowest BCUT2D eigenvalue weighted by Gasteiger charge is -2.29. The number of halogens is 1. The molecule has 0 aromatic heterocycles. The van der Waals surface area contributed by atoms with E-state index >= 15 is 0 Å². The number of rotatable bonds is 3. The molecule has 5 heteroatoms. The fourth-order valence-corrected chi connectivity index (χ4v) is 3.20. The number of nitrogens with one attached hydrogen (secondary N) is 1. The molecule has 1 unspecified atom stereocenters. The summed E-state index contributed by atoms with van der Waals surface area (Å²) in [6, 6.07) is 5.05. The van der Waals surface area contributed by atoms with Gasteiger partial charge in [0.05, 0.1) is 5.56 Å². The number of hydrogen-bond donors (Lipinski definition) is 1. The predicted molar refractivity (Wildman–Crippen MR) is 86.2 cm³/mol. The second kappa shape index (κ2) is 7.07. The molecule has 0 aliphatic carbocycles. The van der Waals surface area contributed by atoms with E-state index in [9.17, 15) is 9.59 Å². The Balaban J connectivity index is 1.99. The van der Waals surface area contributed by atoms with Crippen molar-refractivity contribution in [2.75, 3.05) is 13.1 Å². The molecule has 1 aromatic carbocycles. The number of piperidine rings is 1. The van der Waals surface area contributed by atoms with E-state index in [1.807, 2.05) is 24.0 Å². The van der Waals surface area contributed by atoms with Crippen molar-refractivity contribution in [3.05, 3.63) is 33.8 Å². The van der Waals surface area contributed by atoms with Crippen LogP contribution in [0.15, 0.2) is 22.7 Å². The van der Waals surface area contributed by atoms with Gasteiger partial charge in [-0.2, -0.15) is 0 Å². The fourth-order valence-electron chi connectivity index (χ4n) is 2.53. The van der Waals surface area contributed by atoms with E-state index in [-0.39, 0.29) is 11.8 Å². The van der Waals surface area contributed by atoms with Crippen molar-refractivity contribution in [1.82, 2.24) is 10.2 Å². The fraction of sp³-hybridized carbons (Fsp3) is 0.500. The Morgan fingerprint density at radius 1 is 1.24 bits per heavy atom. The third-order valence-electron chi connectivity index (χ3n) is 3.75. The van der Waals surface area contributed by atoms with Crippen molar-refractivity contribution in [2.45, 2.75) is 39.2 Å². The molecule has 0 saturated carbocycles. The summed E-state index contributed by atoms with van der Waals surface area (Å²) in [6.45, 7) is 5.31. The number of hydrogen-bond acceptors (Lipinski definition) is 2. The van der Waals surface area contributed by atoms with Crippen LogP contribution in [0.1, 0.15) is 42.1 Å². The van der Waals surface area contributed by atoms with Crippen molar-refractivity contribution < 1.29 is 9.59 Å². The minimum Gasteiger partial charge on any atom is -0.341 e. The Labute approximate surface area is 134 Å². The Hall–Kier alpha value is -1.36. The molecule has 0 bridgehead atoms. The lowest BCUT2D eigenvalue weighted by atomic mass is 10.1. The summed E-state index contributed by atoms with van der Waals surface area (Å²) >= 11 is 3.40. The van der Waals surface area contributed by atoms with Gasteiger partial charge in [0.25, 0.3) is 5.91 Å². The molecule has 2 rings (SSSR count). The summed E-state index contributed by atoms with van der Waals surface area (Å²) in [5, 5.41) is 2.79. The van der Waals surface area contributed by atoms with E-state index < -0.39 is 6.04 Å². The SMILES string of the molecule is Cc1ccc(C(=O)NC(C)C(=O)N2CCCCC2)c(Br)c1. The highest BCUT2D eigenvalue weighted by atomic mass is 79.9. The van der Waals surface area contributed by atoms with Crippen molar-refractivity contribution in [3.8, 4) is 0 Å². The molecule has 2 amide bonds. The molecule has 21 heavy (non-hydrogen) atoms. The Morgan fingerprint density at radius 2 is 1.90 bits per heavy atom. The Morgan fingerprint density at radius 3 is 2.52 bits per heavy atom. The first-order chi connectivity index (χ1) is 9.99. The average molecular weight is 353 g/mol. The molecule has 1 aliphatic rings. The Bertz CT molecular complexity index is 539. The van der Waals surface area contributed by atoms with Crippen LogP contribution in [-0.2, 0) is 4.79 Å². The monoisotopic (exact) mass is 352 g/mol. The molecular formula is C16H21BrN2O2. The van der Waals surface area contributed by atoms with Gasteiger partial charge in [-0.15, -0.1) is 0 Å². The van der Waals surface area contributed by atoms with E-state index in [1.165, 1.54) is 6.42 Å². The van der Waals surface area contributed by atoms with Crippen LogP contribution in [0.2, 0.25) is 0 Å². The summed E-state index contributed by atoms with van der Waals surface area (Å²) < 4.78 is 0.748. The first-order valence-corrected chi connectivity index (χ1v) is 8.14. The second-order valence-electron chi connectivity index (χ2n) is 5.56. The molecule has 1 saturated heterocycles. The normalized spacial score (nSPS) is 16.4. The lowest BCUT2D eigenvalue weighted by molar-refractivity contribution is -0.133. The van der Waals surface area contributed by atoms with Gasteiger partial charge in [-0.05, 0) is 66.7 Å². The minimum absolute atomic E-state index is 0.00582. The Kier molecular flexibility index (Phi) is 5.39. The van der Waals surface area contributed by atoms with Crippen molar-refractivity contribution in [1.29, 1.82) is 0 Å². The quantitative estimate of drug-likeness (QED) is 0.909. The molecule has 1 N–H and O–H groups in total. The van der Waals surface area contributed by atoms with Gasteiger partial charge in [0, 0.05) is 17.6 Å². The maximum absolute atomic E-state index is 12.3. The smallest absolute Gasteiger partial charge is 0.253 e. The van der Waals surface area contributed by atoms with Crippen LogP contribution in [0, 0.1) is 6.92 Å². The lowest BCUT2D eigenvalue weighted by Crippen LogP contribution is -2.48. The van der Waals surface area contributed by atoms with Crippen LogP contribution in [0.5, 0.6) is 0 Å². The minimum atomic E-state index is -0.496. The number of nitrogens with zero attached hydrogens (tertiary/aromatic N) is 1. The van der Waals surface area contributed by atoms with E-state index in [2.05, 4.69) is 21.2 Å². The van der Waals surface area contributed by atoms with Gasteiger partial charge in [-0.25, -0.2) is 0 Å². The maximum Gasteiger partial charge on any atom is 0.253 e. The molecule has 1 atom stereocenters. The molecule has 1 fully saturated rings. The highest BCUT2D eigenvalue weighted by Gasteiger charge is 2.24. The molecule has 4 nitrogen and oxygen atoms in total. The van der Waals surface area contributed by atoms with Gasteiger partial charge < -0.3 is 10.2 Å². The predicted octanol–water partition coefficient (Wildman–Crippen LogP) is 2.89. The largest absolute Gasteiger partial charge is 0.341 e. The summed E-state index contributed by atoms with van der Waals surface area (Å²) in [4.78, 5) is 26.4. The van der Waals surface area contributed by atoms with Crippen LogP contribution in [-0.4, -0.2) is 35.8 Å². The van der Waals surface area contributed by atoms with Gasteiger partial charge in [0.1, 0.15) is 6.04 Å². The number of carbonyl (C=O) groups excluding carboxylic acids is 2. The summed E-state index contributed by atoms with van der Waals surface area (Å²) in [5.41, 5.74) is 1.63. The molecule has 1 aliphatic heterocycles. The number of likely N-dealkylation sites (tertiary alicyclic amines) is 1. The van der Waals surface area contributed by atoms with Crippen LogP contribution in [0.4, 0.5) is 0 Å². The molecule has 1 aromatic rings. The zero-order valence-electron chi connectivity index (χ0n) is 12.5. The molecule has 114 valence electrons. The third-order valence-corrected chi connectivity index (χ3v) is 4.41. The van der Waals surface area contributed by atoms with Gasteiger partial charge >= 0.3 is 0 Å². The average Bonchev–Trinajstić information content (AvgIpc) is 2.47. The summed E-state index contributed by atoms with van der Waals surface area (Å²) in [5.74, 6) is -0.217. The zero-order chi connectivity index (χ0) is 15.4. The van der Waals surface area contributed by atoms with Crippen molar-refractivity contribution in [2.24, 2.45) is 0 Å². The van der Waals surface area contributed by atoms with Crippen molar-refractivity contribution in [3.63, 3.8) is 0 Å². The highest BCUT2D eigenvalue weighted by molar-refractivity contribution is 9.10. The van der Waals surface area contributed by atoms with Crippen LogP contribution >= 0.6 is 15.9 Å². The van der Waals surface area contributed by atoms with Crippen LogP contribution in [0.25, 0.3) is 0 Å². The van der Waals surface area contributed by atoms with E-state index in [0.29, 0.717) is 5.56 Å². The molecule has 0 spiro atoms. The number of aryl methyl sites for hydroxylation is 1. The first-order valence-electron chi connectivity index (χ1n) is 7.35. The van der Waals surface area contributed by atoms with Crippen LogP contribution in [0.3, 0.4) is 0 Å². The third kappa shape index (κ3) is 4.06. The number of carbonyl (C=O) groups is 2. The van der Waals surface area contributed by atoms with Gasteiger partial charge in [-0.1, -0.05) is 6.07 Å². The van der Waals surface area contributed by atoms with Crippen molar-refractivity contribution >= 4 is 27.7 Å². The van der Waals surface area contributed by atoms with Gasteiger partial charge in [0.2, 0.25) is 5.91 Å². The number of benzene rings is 1.